The molecule has 2 nitrogen and oxygen atoms in total. The van der Waals surface area contributed by atoms with Gasteiger partial charge in [0, 0.05) is 11.8 Å². The van der Waals surface area contributed by atoms with E-state index in [4.69, 9.17) is 0 Å². The van der Waals surface area contributed by atoms with Crippen molar-refractivity contribution >= 4 is 11.6 Å². The first-order valence-corrected chi connectivity index (χ1v) is 5.00. The zero-order valence-electron chi connectivity index (χ0n) is 9.33. The molecule has 0 unspecified atom stereocenters. The van der Waals surface area contributed by atoms with Gasteiger partial charge in [-0.25, -0.2) is 4.39 Å². The Morgan fingerprint density at radius 3 is 2.81 bits per heavy atom. The van der Waals surface area contributed by atoms with Crippen LogP contribution < -0.4 is 5.32 Å². The summed E-state index contributed by atoms with van der Waals surface area (Å²) in [6.45, 7) is 3.67. The van der Waals surface area contributed by atoms with Gasteiger partial charge in [0.05, 0.1) is 0 Å². The van der Waals surface area contributed by atoms with Crippen molar-refractivity contribution in [2.45, 2.75) is 13.8 Å². The lowest BCUT2D eigenvalue weighted by Gasteiger charge is -2.05. The Bertz CT molecular complexity index is 436. The van der Waals surface area contributed by atoms with Crippen molar-refractivity contribution in [1.82, 2.24) is 0 Å². The van der Waals surface area contributed by atoms with Crippen LogP contribution in [0.5, 0.6) is 0 Å². The normalized spacial score (nSPS) is 11.2. The van der Waals surface area contributed by atoms with E-state index >= 15 is 0 Å². The summed E-state index contributed by atoms with van der Waals surface area (Å²) in [7, 11) is 0. The Hall–Kier alpha value is -1.90. The van der Waals surface area contributed by atoms with E-state index in [1.807, 2.05) is 19.9 Å². The standard InChI is InChI=1S/C13H14FNO/c1-3-4-5-6-13(16)15-12-9-11(14)8-7-10(12)2/h3-9H,1-2H3,(H,15,16). The molecule has 0 atom stereocenters. The number of allylic oxidation sites excluding steroid dienone is 3. The minimum Gasteiger partial charge on any atom is -0.322 e. The molecule has 1 aromatic carbocycles. The summed E-state index contributed by atoms with van der Waals surface area (Å²) in [6.07, 6.45) is 6.59. The van der Waals surface area contributed by atoms with Gasteiger partial charge >= 0.3 is 0 Å². The first-order valence-electron chi connectivity index (χ1n) is 5.00. The first-order chi connectivity index (χ1) is 7.63. The predicted molar refractivity (Wildman–Crippen MR) is 63.7 cm³/mol. The number of rotatable bonds is 3. The molecule has 0 fully saturated rings. The number of amides is 1. The lowest BCUT2D eigenvalue weighted by atomic mass is 10.2. The fourth-order valence-corrected chi connectivity index (χ4v) is 1.16. The third kappa shape index (κ3) is 3.69. The molecular formula is C13H14FNO. The van der Waals surface area contributed by atoms with Gasteiger partial charge in [0.15, 0.2) is 0 Å². The topological polar surface area (TPSA) is 29.1 Å². The molecule has 1 N–H and O–H groups in total. The van der Waals surface area contributed by atoms with Gasteiger partial charge in [0.25, 0.3) is 0 Å². The zero-order valence-corrected chi connectivity index (χ0v) is 9.33. The average Bonchev–Trinajstić information content (AvgIpc) is 2.24. The molecule has 0 heterocycles. The molecule has 3 heteroatoms. The molecule has 0 saturated carbocycles. The smallest absolute Gasteiger partial charge is 0.248 e. The van der Waals surface area contributed by atoms with Crippen molar-refractivity contribution < 1.29 is 9.18 Å². The van der Waals surface area contributed by atoms with Gasteiger partial charge in [-0.2, -0.15) is 0 Å². The van der Waals surface area contributed by atoms with Crippen LogP contribution in [0.1, 0.15) is 12.5 Å². The molecule has 1 rings (SSSR count). The van der Waals surface area contributed by atoms with E-state index in [9.17, 15) is 9.18 Å². The van der Waals surface area contributed by atoms with Gasteiger partial charge in [0.1, 0.15) is 5.82 Å². The first kappa shape index (κ1) is 12.2. The van der Waals surface area contributed by atoms with E-state index in [2.05, 4.69) is 5.32 Å². The molecule has 0 aliphatic carbocycles. The fourth-order valence-electron chi connectivity index (χ4n) is 1.16. The van der Waals surface area contributed by atoms with Crippen LogP contribution in [0.2, 0.25) is 0 Å². The Balaban J connectivity index is 2.73. The third-order valence-electron chi connectivity index (χ3n) is 2.01. The lowest BCUT2D eigenvalue weighted by Crippen LogP contribution is -2.09. The molecule has 0 radical (unpaired) electrons. The van der Waals surface area contributed by atoms with Crippen LogP contribution in [0.25, 0.3) is 0 Å². The molecule has 1 amide bonds. The van der Waals surface area contributed by atoms with Crippen molar-refractivity contribution in [1.29, 1.82) is 0 Å². The van der Waals surface area contributed by atoms with E-state index in [-0.39, 0.29) is 11.7 Å². The van der Waals surface area contributed by atoms with Gasteiger partial charge in [-0.05, 0) is 31.5 Å². The van der Waals surface area contributed by atoms with Crippen LogP contribution in [0, 0.1) is 12.7 Å². The molecule has 1 aromatic rings. The van der Waals surface area contributed by atoms with Crippen LogP contribution in [0.3, 0.4) is 0 Å². The molecule has 0 aromatic heterocycles. The van der Waals surface area contributed by atoms with Gasteiger partial charge in [-0.3, -0.25) is 4.79 Å². The van der Waals surface area contributed by atoms with Crippen LogP contribution in [0.15, 0.2) is 42.5 Å². The van der Waals surface area contributed by atoms with Gasteiger partial charge < -0.3 is 5.32 Å². The average molecular weight is 219 g/mol. The molecule has 84 valence electrons. The summed E-state index contributed by atoms with van der Waals surface area (Å²) in [6, 6.07) is 4.29. The van der Waals surface area contributed by atoms with Crippen LogP contribution in [0.4, 0.5) is 10.1 Å². The van der Waals surface area contributed by atoms with E-state index < -0.39 is 0 Å². The van der Waals surface area contributed by atoms with Crippen molar-refractivity contribution in [3.63, 3.8) is 0 Å². The van der Waals surface area contributed by atoms with E-state index in [0.29, 0.717) is 5.69 Å². The second-order valence-corrected chi connectivity index (χ2v) is 3.33. The summed E-state index contributed by atoms with van der Waals surface area (Å²) in [5.41, 5.74) is 1.32. The van der Waals surface area contributed by atoms with Crippen molar-refractivity contribution in [2.75, 3.05) is 5.32 Å². The number of hydrogen-bond acceptors (Lipinski definition) is 1. The largest absolute Gasteiger partial charge is 0.322 e. The maximum atomic E-state index is 12.9. The number of hydrogen-bond donors (Lipinski definition) is 1. The van der Waals surface area contributed by atoms with Gasteiger partial charge in [-0.1, -0.05) is 24.3 Å². The molecule has 0 aliphatic rings. The quantitative estimate of drug-likeness (QED) is 0.613. The number of aryl methyl sites for hydroxylation is 1. The second kappa shape index (κ2) is 5.85. The summed E-state index contributed by atoms with van der Waals surface area (Å²) < 4.78 is 12.9. The Labute approximate surface area is 94.5 Å². The number of anilines is 1. The lowest BCUT2D eigenvalue weighted by molar-refractivity contribution is -0.111. The second-order valence-electron chi connectivity index (χ2n) is 3.33. The summed E-state index contributed by atoms with van der Waals surface area (Å²) in [4.78, 5) is 11.4. The highest BCUT2D eigenvalue weighted by atomic mass is 19.1. The number of carbonyl (C=O) groups excluding carboxylic acids is 1. The summed E-state index contributed by atoms with van der Waals surface area (Å²) >= 11 is 0. The predicted octanol–water partition coefficient (Wildman–Crippen LogP) is 3.20. The maximum Gasteiger partial charge on any atom is 0.248 e. The summed E-state index contributed by atoms with van der Waals surface area (Å²) in [5, 5.41) is 2.61. The minimum absolute atomic E-state index is 0.271. The highest BCUT2D eigenvalue weighted by Gasteiger charge is 2.02. The Morgan fingerprint density at radius 2 is 2.12 bits per heavy atom. The molecular weight excluding hydrogens is 205 g/mol. The number of halogens is 1. The van der Waals surface area contributed by atoms with E-state index in [1.165, 1.54) is 18.2 Å². The molecule has 0 bridgehead atoms. The highest BCUT2D eigenvalue weighted by molar-refractivity contribution is 5.99. The van der Waals surface area contributed by atoms with Crippen molar-refractivity contribution in [3.8, 4) is 0 Å². The Morgan fingerprint density at radius 1 is 1.38 bits per heavy atom. The zero-order chi connectivity index (χ0) is 12.0. The number of nitrogens with one attached hydrogen (secondary N) is 1. The number of carbonyl (C=O) groups is 1. The third-order valence-corrected chi connectivity index (χ3v) is 2.01. The van der Waals surface area contributed by atoms with E-state index in [1.54, 1.807) is 18.2 Å². The SMILES string of the molecule is CC=CC=CC(=O)Nc1cc(F)ccc1C. The Kier molecular flexibility index (Phi) is 4.45. The van der Waals surface area contributed by atoms with Crippen LogP contribution in [-0.2, 0) is 4.79 Å². The molecule has 0 spiro atoms. The van der Waals surface area contributed by atoms with E-state index in [0.717, 1.165) is 5.56 Å². The number of benzene rings is 1. The summed E-state index contributed by atoms with van der Waals surface area (Å²) in [5.74, 6) is -0.634. The van der Waals surface area contributed by atoms with Crippen molar-refractivity contribution in [2.24, 2.45) is 0 Å². The highest BCUT2D eigenvalue weighted by Crippen LogP contribution is 2.15. The van der Waals surface area contributed by atoms with Crippen LogP contribution >= 0.6 is 0 Å². The maximum absolute atomic E-state index is 12.9. The molecule has 16 heavy (non-hydrogen) atoms. The molecule has 0 saturated heterocycles. The van der Waals surface area contributed by atoms with Crippen molar-refractivity contribution in [3.05, 3.63) is 53.9 Å². The van der Waals surface area contributed by atoms with Gasteiger partial charge in [-0.15, -0.1) is 0 Å². The minimum atomic E-state index is -0.363. The van der Waals surface area contributed by atoms with Crippen LogP contribution in [-0.4, -0.2) is 5.91 Å². The molecule has 0 aliphatic heterocycles. The van der Waals surface area contributed by atoms with Gasteiger partial charge in [0.2, 0.25) is 5.91 Å². The fraction of sp³-hybridized carbons (Fsp3) is 0.154. The monoisotopic (exact) mass is 219 g/mol.